The third-order valence-electron chi connectivity index (χ3n) is 3.89. The minimum absolute atomic E-state index is 0.00651. The number of rotatable bonds is 7. The zero-order valence-corrected chi connectivity index (χ0v) is 13.9. The van der Waals surface area contributed by atoms with E-state index >= 15 is 0 Å². The molecule has 5 heteroatoms. The molecular formula is C19H21NO4. The van der Waals surface area contributed by atoms with Crippen molar-refractivity contribution in [3.63, 3.8) is 0 Å². The lowest BCUT2D eigenvalue weighted by atomic mass is 10.1. The summed E-state index contributed by atoms with van der Waals surface area (Å²) in [5.41, 5.74) is 2.08. The Morgan fingerprint density at radius 1 is 1.08 bits per heavy atom. The minimum atomic E-state index is -0.971. The molecule has 0 aromatic heterocycles. The van der Waals surface area contributed by atoms with Gasteiger partial charge < -0.3 is 14.7 Å². The van der Waals surface area contributed by atoms with Crippen LogP contribution in [0.4, 0.5) is 0 Å². The van der Waals surface area contributed by atoms with Crippen LogP contribution in [0.5, 0.6) is 5.75 Å². The molecule has 1 N–H and O–H groups in total. The van der Waals surface area contributed by atoms with Crippen molar-refractivity contribution >= 4 is 11.9 Å². The predicted molar refractivity (Wildman–Crippen MR) is 91.4 cm³/mol. The Bertz CT molecular complexity index is 710. The molecule has 0 aliphatic heterocycles. The van der Waals surface area contributed by atoms with Gasteiger partial charge in [0.2, 0.25) is 5.91 Å². The summed E-state index contributed by atoms with van der Waals surface area (Å²) in [6.07, 6.45) is 0.965. The van der Waals surface area contributed by atoms with E-state index in [0.717, 1.165) is 16.9 Å². The van der Waals surface area contributed by atoms with Crippen LogP contribution in [0.25, 0.3) is 0 Å². The van der Waals surface area contributed by atoms with Gasteiger partial charge in [0.15, 0.2) is 0 Å². The number of aromatic carboxylic acids is 1. The summed E-state index contributed by atoms with van der Waals surface area (Å²) >= 11 is 0. The molecule has 0 fully saturated rings. The third kappa shape index (κ3) is 4.59. The Kier molecular flexibility index (Phi) is 5.95. The molecule has 24 heavy (non-hydrogen) atoms. The lowest BCUT2D eigenvalue weighted by Gasteiger charge is -2.18. The van der Waals surface area contributed by atoms with Gasteiger partial charge in [-0.1, -0.05) is 30.3 Å². The molecule has 0 bridgehead atoms. The van der Waals surface area contributed by atoms with Gasteiger partial charge in [0.05, 0.1) is 19.1 Å². The number of ether oxygens (including phenoxy) is 1. The number of benzene rings is 2. The minimum Gasteiger partial charge on any atom is -0.496 e. The van der Waals surface area contributed by atoms with Gasteiger partial charge in [-0.05, 0) is 35.7 Å². The van der Waals surface area contributed by atoms with E-state index in [1.54, 1.807) is 31.2 Å². The number of methoxy groups -OCH3 is 1. The second-order valence-electron chi connectivity index (χ2n) is 5.56. The van der Waals surface area contributed by atoms with Crippen molar-refractivity contribution in [1.82, 2.24) is 4.90 Å². The molecule has 0 atom stereocenters. The average Bonchev–Trinajstić information content (AvgIpc) is 2.60. The molecule has 0 saturated heterocycles. The molecule has 1 amide bonds. The van der Waals surface area contributed by atoms with Crippen molar-refractivity contribution in [1.29, 1.82) is 0 Å². The van der Waals surface area contributed by atoms with Crippen molar-refractivity contribution in [2.45, 2.75) is 12.8 Å². The number of para-hydroxylation sites is 1. The van der Waals surface area contributed by atoms with E-state index in [-0.39, 0.29) is 17.9 Å². The van der Waals surface area contributed by atoms with Gasteiger partial charge in [0, 0.05) is 13.6 Å². The van der Waals surface area contributed by atoms with E-state index in [1.807, 2.05) is 24.3 Å². The third-order valence-corrected chi connectivity index (χ3v) is 3.89. The second-order valence-corrected chi connectivity index (χ2v) is 5.56. The Morgan fingerprint density at radius 2 is 1.75 bits per heavy atom. The first-order valence-electron chi connectivity index (χ1n) is 7.69. The van der Waals surface area contributed by atoms with Crippen LogP contribution in [0.2, 0.25) is 0 Å². The number of hydrogen-bond acceptors (Lipinski definition) is 3. The number of carbonyl (C=O) groups excluding carboxylic acids is 1. The highest BCUT2D eigenvalue weighted by molar-refractivity contribution is 5.87. The zero-order chi connectivity index (χ0) is 17.5. The van der Waals surface area contributed by atoms with Crippen LogP contribution in [0.1, 0.15) is 21.5 Å². The largest absolute Gasteiger partial charge is 0.496 e. The standard InChI is InChI=1S/C19H21NO4/c1-20(12-11-15-5-3-4-6-17(15)24-2)18(21)13-14-7-9-16(10-8-14)19(22)23/h3-10H,11-13H2,1-2H3,(H,22,23). The number of amides is 1. The number of hydrogen-bond donors (Lipinski definition) is 1. The maximum atomic E-state index is 12.3. The summed E-state index contributed by atoms with van der Waals surface area (Å²) in [5, 5.41) is 8.88. The number of carbonyl (C=O) groups is 2. The van der Waals surface area contributed by atoms with E-state index in [9.17, 15) is 9.59 Å². The fraction of sp³-hybridized carbons (Fsp3) is 0.263. The topological polar surface area (TPSA) is 66.8 Å². The van der Waals surface area contributed by atoms with Crippen LogP contribution in [-0.4, -0.2) is 42.6 Å². The number of nitrogens with zero attached hydrogens (tertiary/aromatic N) is 1. The molecular weight excluding hydrogens is 306 g/mol. The average molecular weight is 327 g/mol. The first kappa shape index (κ1) is 17.5. The van der Waals surface area contributed by atoms with Crippen molar-refractivity contribution < 1.29 is 19.4 Å². The fourth-order valence-corrected chi connectivity index (χ4v) is 2.40. The SMILES string of the molecule is COc1ccccc1CCN(C)C(=O)Cc1ccc(C(=O)O)cc1. The van der Waals surface area contributed by atoms with Gasteiger partial charge in [-0.2, -0.15) is 0 Å². The molecule has 0 saturated carbocycles. The maximum Gasteiger partial charge on any atom is 0.335 e. The smallest absolute Gasteiger partial charge is 0.335 e. The van der Waals surface area contributed by atoms with E-state index in [2.05, 4.69) is 0 Å². The molecule has 2 aromatic carbocycles. The van der Waals surface area contributed by atoms with Crippen molar-refractivity contribution in [3.8, 4) is 5.75 Å². The van der Waals surface area contributed by atoms with E-state index < -0.39 is 5.97 Å². The number of likely N-dealkylation sites (N-methyl/N-ethyl adjacent to an activating group) is 1. The molecule has 0 radical (unpaired) electrons. The summed E-state index contributed by atoms with van der Waals surface area (Å²) in [4.78, 5) is 24.8. The van der Waals surface area contributed by atoms with Crippen LogP contribution in [-0.2, 0) is 17.6 Å². The van der Waals surface area contributed by atoms with Crippen LogP contribution >= 0.6 is 0 Å². The molecule has 5 nitrogen and oxygen atoms in total. The van der Waals surface area contributed by atoms with Crippen LogP contribution < -0.4 is 4.74 Å². The molecule has 0 unspecified atom stereocenters. The second kappa shape index (κ2) is 8.15. The van der Waals surface area contributed by atoms with Gasteiger partial charge in [0.25, 0.3) is 0 Å². The molecule has 0 spiro atoms. The van der Waals surface area contributed by atoms with E-state index in [1.165, 1.54) is 12.1 Å². The van der Waals surface area contributed by atoms with E-state index in [0.29, 0.717) is 13.0 Å². The van der Waals surface area contributed by atoms with Crippen LogP contribution in [0.15, 0.2) is 48.5 Å². The Balaban J connectivity index is 1.91. The van der Waals surface area contributed by atoms with Gasteiger partial charge >= 0.3 is 5.97 Å². The summed E-state index contributed by atoms with van der Waals surface area (Å²) in [6, 6.07) is 14.1. The van der Waals surface area contributed by atoms with Crippen molar-refractivity contribution in [3.05, 3.63) is 65.2 Å². The summed E-state index contributed by atoms with van der Waals surface area (Å²) in [7, 11) is 3.40. The Hall–Kier alpha value is -2.82. The monoisotopic (exact) mass is 327 g/mol. The van der Waals surface area contributed by atoms with Gasteiger partial charge in [-0.15, -0.1) is 0 Å². The summed E-state index contributed by atoms with van der Waals surface area (Å²) < 4.78 is 5.31. The van der Waals surface area contributed by atoms with Crippen LogP contribution in [0, 0.1) is 0 Å². The number of carboxylic acid groups (broad SMARTS) is 1. The lowest BCUT2D eigenvalue weighted by Crippen LogP contribution is -2.30. The highest BCUT2D eigenvalue weighted by Gasteiger charge is 2.11. The highest BCUT2D eigenvalue weighted by Crippen LogP contribution is 2.18. The summed E-state index contributed by atoms with van der Waals surface area (Å²) in [5.74, 6) is -0.155. The maximum absolute atomic E-state index is 12.3. The fourth-order valence-electron chi connectivity index (χ4n) is 2.40. The first-order valence-corrected chi connectivity index (χ1v) is 7.69. The zero-order valence-electron chi connectivity index (χ0n) is 13.9. The van der Waals surface area contributed by atoms with Gasteiger partial charge in [-0.25, -0.2) is 4.79 Å². The van der Waals surface area contributed by atoms with Gasteiger partial charge in [0.1, 0.15) is 5.75 Å². The molecule has 0 aliphatic rings. The molecule has 126 valence electrons. The summed E-state index contributed by atoms with van der Waals surface area (Å²) in [6.45, 7) is 0.590. The Morgan fingerprint density at radius 3 is 2.38 bits per heavy atom. The molecule has 2 rings (SSSR count). The highest BCUT2D eigenvalue weighted by atomic mass is 16.5. The first-order chi connectivity index (χ1) is 11.5. The lowest BCUT2D eigenvalue weighted by molar-refractivity contribution is -0.129. The quantitative estimate of drug-likeness (QED) is 0.849. The molecule has 0 heterocycles. The van der Waals surface area contributed by atoms with Crippen molar-refractivity contribution in [2.24, 2.45) is 0 Å². The number of carboxylic acids is 1. The van der Waals surface area contributed by atoms with Crippen molar-refractivity contribution in [2.75, 3.05) is 20.7 Å². The molecule has 2 aromatic rings. The van der Waals surface area contributed by atoms with Gasteiger partial charge in [-0.3, -0.25) is 4.79 Å². The Labute approximate surface area is 141 Å². The predicted octanol–water partition coefficient (Wildman–Crippen LogP) is 2.64. The molecule has 0 aliphatic carbocycles. The normalized spacial score (nSPS) is 10.2. The van der Waals surface area contributed by atoms with Crippen LogP contribution in [0.3, 0.4) is 0 Å². The van der Waals surface area contributed by atoms with E-state index in [4.69, 9.17) is 9.84 Å².